The van der Waals surface area contributed by atoms with Crippen LogP contribution in [-0.4, -0.2) is 16.8 Å². The predicted octanol–water partition coefficient (Wildman–Crippen LogP) is 3.37. The molecular formula is C14H18BrNO2. The zero-order chi connectivity index (χ0) is 13.3. The summed E-state index contributed by atoms with van der Waals surface area (Å²) in [4.78, 5) is 12.0. The van der Waals surface area contributed by atoms with Gasteiger partial charge in [-0.2, -0.15) is 0 Å². The average molecular weight is 312 g/mol. The van der Waals surface area contributed by atoms with Crippen LogP contribution in [0.4, 0.5) is 5.69 Å². The van der Waals surface area contributed by atoms with Gasteiger partial charge in [0.15, 0.2) is 6.10 Å². The minimum absolute atomic E-state index is 0.0844. The number of ether oxygens (including phenoxy) is 1. The molecule has 1 heterocycles. The zero-order valence-electron chi connectivity index (χ0n) is 10.9. The van der Waals surface area contributed by atoms with Crippen LogP contribution in [0.25, 0.3) is 0 Å². The highest BCUT2D eigenvalue weighted by atomic mass is 79.9. The van der Waals surface area contributed by atoms with Crippen molar-refractivity contribution in [2.75, 3.05) is 5.32 Å². The highest BCUT2D eigenvalue weighted by Gasteiger charge is 2.23. The molecule has 1 N–H and O–H groups in total. The van der Waals surface area contributed by atoms with Crippen LogP contribution in [0, 0.1) is 5.92 Å². The predicted molar refractivity (Wildman–Crippen MR) is 76.4 cm³/mol. The lowest BCUT2D eigenvalue weighted by Gasteiger charge is -2.24. The first-order chi connectivity index (χ1) is 8.47. The van der Waals surface area contributed by atoms with E-state index in [9.17, 15) is 4.79 Å². The van der Waals surface area contributed by atoms with Gasteiger partial charge < -0.3 is 10.1 Å². The Balaban J connectivity index is 2.17. The SMILES string of the molecule is CC1Oc2ccc(CC(Br)C(C)C)cc2NC1=O. The maximum Gasteiger partial charge on any atom is 0.265 e. The van der Waals surface area contributed by atoms with Gasteiger partial charge in [0.2, 0.25) is 0 Å². The molecule has 0 aliphatic carbocycles. The molecule has 0 fully saturated rings. The number of amides is 1. The summed E-state index contributed by atoms with van der Waals surface area (Å²) in [5.74, 6) is 1.24. The summed E-state index contributed by atoms with van der Waals surface area (Å²) in [5.41, 5.74) is 1.97. The van der Waals surface area contributed by atoms with Gasteiger partial charge in [-0.25, -0.2) is 0 Å². The van der Waals surface area contributed by atoms with Crippen molar-refractivity contribution in [2.45, 2.75) is 38.1 Å². The molecule has 2 atom stereocenters. The fraction of sp³-hybridized carbons (Fsp3) is 0.500. The monoisotopic (exact) mass is 311 g/mol. The number of benzene rings is 1. The Morgan fingerprint density at radius 3 is 2.83 bits per heavy atom. The van der Waals surface area contributed by atoms with Crippen LogP contribution in [0.15, 0.2) is 18.2 Å². The van der Waals surface area contributed by atoms with E-state index in [4.69, 9.17) is 4.74 Å². The molecule has 0 radical (unpaired) electrons. The first kappa shape index (κ1) is 13.4. The fourth-order valence-electron chi connectivity index (χ4n) is 1.84. The first-order valence-corrected chi connectivity index (χ1v) is 7.13. The summed E-state index contributed by atoms with van der Waals surface area (Å²) in [6.07, 6.45) is 0.527. The summed E-state index contributed by atoms with van der Waals surface area (Å²) in [6.45, 7) is 6.12. The number of rotatable bonds is 3. The molecule has 98 valence electrons. The largest absolute Gasteiger partial charge is 0.479 e. The molecule has 0 saturated carbocycles. The highest BCUT2D eigenvalue weighted by Crippen LogP contribution is 2.31. The zero-order valence-corrected chi connectivity index (χ0v) is 12.5. The van der Waals surface area contributed by atoms with Crippen LogP contribution in [-0.2, 0) is 11.2 Å². The smallest absolute Gasteiger partial charge is 0.265 e. The number of nitrogens with one attached hydrogen (secondary N) is 1. The van der Waals surface area contributed by atoms with E-state index in [1.807, 2.05) is 12.1 Å². The van der Waals surface area contributed by atoms with E-state index >= 15 is 0 Å². The molecule has 1 aromatic rings. The molecule has 1 amide bonds. The lowest BCUT2D eigenvalue weighted by atomic mass is 10.0. The second-order valence-electron chi connectivity index (χ2n) is 5.04. The van der Waals surface area contributed by atoms with Gasteiger partial charge >= 0.3 is 0 Å². The molecule has 1 aromatic carbocycles. The van der Waals surface area contributed by atoms with Gasteiger partial charge in [0.05, 0.1) is 5.69 Å². The van der Waals surface area contributed by atoms with E-state index in [2.05, 4.69) is 41.2 Å². The molecule has 4 heteroatoms. The van der Waals surface area contributed by atoms with Gasteiger partial charge in [-0.3, -0.25) is 4.79 Å². The molecule has 3 nitrogen and oxygen atoms in total. The fourth-order valence-corrected chi connectivity index (χ4v) is 2.22. The molecule has 0 bridgehead atoms. The Labute approximate surface area is 116 Å². The lowest BCUT2D eigenvalue weighted by molar-refractivity contribution is -0.122. The van der Waals surface area contributed by atoms with E-state index in [0.717, 1.165) is 17.9 Å². The quantitative estimate of drug-likeness (QED) is 0.869. The molecular weight excluding hydrogens is 294 g/mol. The minimum Gasteiger partial charge on any atom is -0.479 e. The lowest BCUT2D eigenvalue weighted by Crippen LogP contribution is -2.34. The van der Waals surface area contributed by atoms with Gasteiger partial charge in [0.1, 0.15) is 5.75 Å². The summed E-state index contributed by atoms with van der Waals surface area (Å²) in [5, 5.41) is 2.87. The van der Waals surface area contributed by atoms with E-state index in [0.29, 0.717) is 10.7 Å². The second-order valence-corrected chi connectivity index (χ2v) is 6.22. The molecule has 0 saturated heterocycles. The molecule has 0 spiro atoms. The van der Waals surface area contributed by atoms with Crippen molar-refractivity contribution in [3.63, 3.8) is 0 Å². The first-order valence-electron chi connectivity index (χ1n) is 6.22. The van der Waals surface area contributed by atoms with Crippen molar-refractivity contribution in [1.82, 2.24) is 0 Å². The van der Waals surface area contributed by atoms with Gasteiger partial charge in [-0.1, -0.05) is 35.8 Å². The van der Waals surface area contributed by atoms with E-state index < -0.39 is 6.10 Å². The third-order valence-electron chi connectivity index (χ3n) is 3.13. The normalized spacial score (nSPS) is 20.1. The van der Waals surface area contributed by atoms with Crippen LogP contribution < -0.4 is 10.1 Å². The van der Waals surface area contributed by atoms with Gasteiger partial charge in [0, 0.05) is 4.83 Å². The molecule has 1 aliphatic rings. The van der Waals surface area contributed by atoms with Crippen LogP contribution in [0.3, 0.4) is 0 Å². The second kappa shape index (κ2) is 5.31. The number of halogens is 1. The highest BCUT2D eigenvalue weighted by molar-refractivity contribution is 9.09. The molecule has 1 aliphatic heterocycles. The van der Waals surface area contributed by atoms with Crippen molar-refractivity contribution < 1.29 is 9.53 Å². The number of fused-ring (bicyclic) bond motifs is 1. The Kier molecular flexibility index (Phi) is 3.95. The Morgan fingerprint density at radius 1 is 1.44 bits per heavy atom. The number of carbonyl (C=O) groups excluding carboxylic acids is 1. The van der Waals surface area contributed by atoms with Gasteiger partial charge in [-0.05, 0) is 37.0 Å². The molecule has 18 heavy (non-hydrogen) atoms. The maximum absolute atomic E-state index is 11.6. The number of hydrogen-bond acceptors (Lipinski definition) is 2. The van der Waals surface area contributed by atoms with Crippen LogP contribution in [0.2, 0.25) is 0 Å². The molecule has 0 aromatic heterocycles. The van der Waals surface area contributed by atoms with Crippen LogP contribution >= 0.6 is 15.9 Å². The standard InChI is InChI=1S/C14H18BrNO2/c1-8(2)11(15)6-10-4-5-13-12(7-10)16-14(17)9(3)18-13/h4-5,7-9,11H,6H2,1-3H3,(H,16,17). The molecule has 2 rings (SSSR count). The summed E-state index contributed by atoms with van der Waals surface area (Å²) in [6, 6.07) is 5.98. The topological polar surface area (TPSA) is 38.3 Å². The van der Waals surface area contributed by atoms with E-state index in [-0.39, 0.29) is 5.91 Å². The Hall–Kier alpha value is -1.03. The Bertz CT molecular complexity index is 459. The third kappa shape index (κ3) is 2.86. The minimum atomic E-state index is -0.414. The third-order valence-corrected chi connectivity index (χ3v) is 4.51. The number of anilines is 1. The molecule has 2 unspecified atom stereocenters. The van der Waals surface area contributed by atoms with Crippen LogP contribution in [0.1, 0.15) is 26.3 Å². The summed E-state index contributed by atoms with van der Waals surface area (Å²) in [7, 11) is 0. The summed E-state index contributed by atoms with van der Waals surface area (Å²) >= 11 is 3.68. The summed E-state index contributed by atoms with van der Waals surface area (Å²) < 4.78 is 5.53. The van der Waals surface area contributed by atoms with Crippen LogP contribution in [0.5, 0.6) is 5.75 Å². The Morgan fingerprint density at radius 2 is 2.17 bits per heavy atom. The van der Waals surface area contributed by atoms with Crippen molar-refractivity contribution >= 4 is 27.5 Å². The van der Waals surface area contributed by atoms with Crippen molar-refractivity contribution in [3.05, 3.63) is 23.8 Å². The average Bonchev–Trinajstić information content (AvgIpc) is 2.31. The van der Waals surface area contributed by atoms with Gasteiger partial charge in [-0.15, -0.1) is 0 Å². The van der Waals surface area contributed by atoms with E-state index in [1.54, 1.807) is 6.92 Å². The van der Waals surface area contributed by atoms with E-state index in [1.165, 1.54) is 5.56 Å². The number of carbonyl (C=O) groups is 1. The van der Waals surface area contributed by atoms with Crippen molar-refractivity contribution in [3.8, 4) is 5.75 Å². The van der Waals surface area contributed by atoms with Crippen molar-refractivity contribution in [1.29, 1.82) is 0 Å². The van der Waals surface area contributed by atoms with Gasteiger partial charge in [0.25, 0.3) is 5.91 Å². The van der Waals surface area contributed by atoms with Crippen molar-refractivity contribution in [2.24, 2.45) is 5.92 Å². The maximum atomic E-state index is 11.6. The number of hydrogen-bond donors (Lipinski definition) is 1. The number of alkyl halides is 1.